The number of nitrogen functional groups attached to an aromatic ring is 1. The average molecular weight is 602 g/mol. The average Bonchev–Trinajstić information content (AvgIpc) is 3.38. The Morgan fingerprint density at radius 3 is 2.56 bits per heavy atom. The van der Waals surface area contributed by atoms with Crippen LogP contribution in [0, 0.1) is 11.6 Å². The van der Waals surface area contributed by atoms with Crippen molar-refractivity contribution in [3.05, 3.63) is 106 Å². The van der Waals surface area contributed by atoms with Crippen LogP contribution in [0.3, 0.4) is 0 Å². The minimum absolute atomic E-state index is 0.00574. The quantitative estimate of drug-likeness (QED) is 0.239. The third kappa shape index (κ3) is 5.29. The summed E-state index contributed by atoms with van der Waals surface area (Å²) in [6.07, 6.45) is 1.78. The van der Waals surface area contributed by atoms with Gasteiger partial charge in [0.05, 0.1) is 10.9 Å². The second-order valence-electron chi connectivity index (χ2n) is 9.80. The van der Waals surface area contributed by atoms with Crippen molar-refractivity contribution in [1.82, 2.24) is 24.5 Å². The number of nitrogens with two attached hydrogens (primary N) is 1. The van der Waals surface area contributed by atoms with E-state index in [1.807, 2.05) is 24.3 Å². The molecule has 0 fully saturated rings. The standard InChI is InChI=1S/C30H24F2N6O4S/c1-16(28-23(19-4-2-5-20(31)14-19)27(39)24-21(32)6-3-7-22(24)42-28)38-30-25(29(33)34-15-35-30)26(37-38)18-10-8-17(9-11-18)12-13-36-43(40)41/h2-11,14-16,36H,12-13H2,1H3,(H,40,41)(H2,33,34,35)/p-1. The molecule has 0 radical (unpaired) electrons. The summed E-state index contributed by atoms with van der Waals surface area (Å²) in [7, 11) is 0. The maximum atomic E-state index is 14.8. The Labute approximate surface area is 245 Å². The van der Waals surface area contributed by atoms with E-state index >= 15 is 0 Å². The Hall–Kier alpha value is -4.85. The minimum atomic E-state index is -2.34. The highest BCUT2D eigenvalue weighted by molar-refractivity contribution is 7.77. The Morgan fingerprint density at radius 2 is 1.81 bits per heavy atom. The maximum Gasteiger partial charge on any atom is 0.203 e. The molecule has 13 heteroatoms. The second kappa shape index (κ2) is 11.4. The highest BCUT2D eigenvalue weighted by atomic mass is 32.2. The molecule has 3 N–H and O–H groups in total. The van der Waals surface area contributed by atoms with Gasteiger partial charge in [0.25, 0.3) is 0 Å². The molecular formula is C30H23F2N6O4S-. The molecule has 0 aliphatic carbocycles. The smallest absolute Gasteiger partial charge is 0.203 e. The summed E-state index contributed by atoms with van der Waals surface area (Å²) < 4.78 is 60.7. The molecule has 10 nitrogen and oxygen atoms in total. The van der Waals surface area contributed by atoms with Crippen LogP contribution >= 0.6 is 0 Å². The van der Waals surface area contributed by atoms with Crippen molar-refractivity contribution in [1.29, 1.82) is 0 Å². The first-order valence-corrected chi connectivity index (χ1v) is 14.2. The van der Waals surface area contributed by atoms with Crippen LogP contribution in [0.4, 0.5) is 14.6 Å². The van der Waals surface area contributed by atoms with E-state index < -0.39 is 34.4 Å². The zero-order chi connectivity index (χ0) is 30.2. The molecule has 2 unspecified atom stereocenters. The van der Waals surface area contributed by atoms with Gasteiger partial charge < -0.3 is 14.7 Å². The van der Waals surface area contributed by atoms with Crippen molar-refractivity contribution in [3.63, 3.8) is 0 Å². The van der Waals surface area contributed by atoms with E-state index in [0.29, 0.717) is 28.7 Å². The van der Waals surface area contributed by atoms with Crippen LogP contribution in [0.2, 0.25) is 0 Å². The minimum Gasteiger partial charge on any atom is -0.760 e. The SMILES string of the molecule is CC(c1oc2cccc(F)c2c(=O)c1-c1cccc(F)c1)n1nc(-c2ccc(CCNS(=O)[O-])cc2)c2c(N)ncnc21. The maximum absolute atomic E-state index is 14.8. The van der Waals surface area contributed by atoms with Crippen molar-refractivity contribution in [3.8, 4) is 22.4 Å². The van der Waals surface area contributed by atoms with Crippen molar-refractivity contribution in [2.24, 2.45) is 0 Å². The molecule has 43 heavy (non-hydrogen) atoms. The van der Waals surface area contributed by atoms with Gasteiger partial charge in [-0.15, -0.1) is 0 Å². The Kier molecular flexibility index (Phi) is 7.52. The third-order valence-corrected chi connectivity index (χ3v) is 7.57. The van der Waals surface area contributed by atoms with E-state index in [2.05, 4.69) is 14.7 Å². The number of fused-ring (bicyclic) bond motifs is 2. The van der Waals surface area contributed by atoms with Crippen LogP contribution in [-0.2, 0) is 17.7 Å². The highest BCUT2D eigenvalue weighted by Gasteiger charge is 2.27. The van der Waals surface area contributed by atoms with Gasteiger partial charge in [0.2, 0.25) is 5.43 Å². The van der Waals surface area contributed by atoms with E-state index in [4.69, 9.17) is 15.2 Å². The van der Waals surface area contributed by atoms with Gasteiger partial charge in [0, 0.05) is 23.4 Å². The van der Waals surface area contributed by atoms with Crippen molar-refractivity contribution < 1.29 is 22.0 Å². The van der Waals surface area contributed by atoms with Crippen molar-refractivity contribution in [2.75, 3.05) is 12.3 Å². The van der Waals surface area contributed by atoms with Crippen molar-refractivity contribution in [2.45, 2.75) is 19.4 Å². The molecule has 6 aromatic rings. The molecule has 0 aliphatic heterocycles. The van der Waals surface area contributed by atoms with E-state index in [0.717, 1.165) is 11.6 Å². The first-order valence-electron chi connectivity index (χ1n) is 13.1. The van der Waals surface area contributed by atoms with Crippen LogP contribution < -0.4 is 15.9 Å². The summed E-state index contributed by atoms with van der Waals surface area (Å²) in [6, 6.07) is 16.1. The van der Waals surface area contributed by atoms with Crippen LogP contribution in [0.25, 0.3) is 44.4 Å². The zero-order valence-electron chi connectivity index (χ0n) is 22.6. The highest BCUT2D eigenvalue weighted by Crippen LogP contribution is 2.36. The number of halogens is 2. The number of nitrogens with one attached hydrogen (secondary N) is 1. The molecule has 0 bridgehead atoms. The van der Waals surface area contributed by atoms with Gasteiger partial charge in [0.1, 0.15) is 52.2 Å². The van der Waals surface area contributed by atoms with Gasteiger partial charge in [-0.1, -0.05) is 42.5 Å². The van der Waals surface area contributed by atoms with Gasteiger partial charge in [0.15, 0.2) is 5.65 Å². The predicted molar refractivity (Wildman–Crippen MR) is 157 cm³/mol. The van der Waals surface area contributed by atoms with Gasteiger partial charge in [-0.2, -0.15) is 5.10 Å². The van der Waals surface area contributed by atoms with Crippen LogP contribution in [0.1, 0.15) is 24.3 Å². The summed E-state index contributed by atoms with van der Waals surface area (Å²) in [5.41, 5.74) is 8.30. The fourth-order valence-corrected chi connectivity index (χ4v) is 5.38. The molecule has 2 atom stereocenters. The summed E-state index contributed by atoms with van der Waals surface area (Å²) >= 11 is -2.34. The summed E-state index contributed by atoms with van der Waals surface area (Å²) in [4.78, 5) is 22.3. The van der Waals surface area contributed by atoms with Crippen molar-refractivity contribution >= 4 is 39.1 Å². The lowest BCUT2D eigenvalue weighted by Gasteiger charge is -2.17. The number of nitrogens with zero attached hydrogens (tertiary/aromatic N) is 4. The second-order valence-corrected chi connectivity index (χ2v) is 10.6. The molecule has 3 heterocycles. The fraction of sp³-hybridized carbons (Fsp3) is 0.133. The van der Waals surface area contributed by atoms with Gasteiger partial charge in [-0.05, 0) is 48.7 Å². The van der Waals surface area contributed by atoms with Gasteiger partial charge in [-0.3, -0.25) is 9.00 Å². The monoisotopic (exact) mass is 601 g/mol. The lowest BCUT2D eigenvalue weighted by atomic mass is 9.99. The molecule has 3 aromatic heterocycles. The number of hydrogen-bond donors (Lipinski definition) is 2. The summed E-state index contributed by atoms with van der Waals surface area (Å²) in [5, 5.41) is 5.04. The largest absolute Gasteiger partial charge is 0.760 e. The molecule has 0 saturated carbocycles. The van der Waals surface area contributed by atoms with Crippen LogP contribution in [-0.4, -0.2) is 35.1 Å². The van der Waals surface area contributed by atoms with E-state index in [1.165, 1.54) is 41.3 Å². The third-order valence-electron chi connectivity index (χ3n) is 7.13. The van der Waals surface area contributed by atoms with Gasteiger partial charge in [-0.25, -0.2) is 28.2 Å². The Morgan fingerprint density at radius 1 is 1.05 bits per heavy atom. The number of anilines is 1. The fourth-order valence-electron chi connectivity index (χ4n) is 5.11. The molecular weight excluding hydrogens is 578 g/mol. The molecule has 0 saturated heterocycles. The Bertz CT molecular complexity index is 2080. The molecule has 0 aliphatic rings. The predicted octanol–water partition coefficient (Wildman–Crippen LogP) is 4.66. The molecule has 218 valence electrons. The normalized spacial score (nSPS) is 13.0. The first kappa shape index (κ1) is 28.3. The zero-order valence-corrected chi connectivity index (χ0v) is 23.4. The number of rotatable bonds is 8. The summed E-state index contributed by atoms with van der Waals surface area (Å²) in [5.74, 6) is -1.02. The van der Waals surface area contributed by atoms with Gasteiger partial charge >= 0.3 is 0 Å². The van der Waals surface area contributed by atoms with Crippen LogP contribution in [0.5, 0.6) is 0 Å². The number of benzene rings is 3. The van der Waals surface area contributed by atoms with E-state index in [1.54, 1.807) is 13.0 Å². The summed E-state index contributed by atoms with van der Waals surface area (Å²) in [6.45, 7) is 1.98. The molecule has 0 spiro atoms. The first-order chi connectivity index (χ1) is 20.7. The van der Waals surface area contributed by atoms with E-state index in [-0.39, 0.29) is 40.2 Å². The van der Waals surface area contributed by atoms with Crippen LogP contribution in [0.15, 0.2) is 82.3 Å². The number of hydrogen-bond acceptors (Lipinski definition) is 8. The topological polar surface area (TPSA) is 152 Å². The Balaban J connectivity index is 1.52. The molecule has 3 aromatic carbocycles. The molecule has 6 rings (SSSR count). The number of aromatic nitrogens is 4. The molecule has 0 amide bonds. The van der Waals surface area contributed by atoms with E-state index in [9.17, 15) is 22.3 Å². The lowest BCUT2D eigenvalue weighted by molar-refractivity contribution is 0.445. The lowest BCUT2D eigenvalue weighted by Crippen LogP contribution is -2.19.